The van der Waals surface area contributed by atoms with Crippen LogP contribution in [0.2, 0.25) is 0 Å². The molecule has 0 saturated carbocycles. The van der Waals surface area contributed by atoms with Gasteiger partial charge in [0.2, 0.25) is 5.91 Å². The van der Waals surface area contributed by atoms with Crippen molar-refractivity contribution in [3.8, 4) is 0 Å². The molecule has 2 aromatic heterocycles. The highest BCUT2D eigenvalue weighted by atomic mass is 16.2. The highest BCUT2D eigenvalue weighted by Crippen LogP contribution is 2.02. The molecule has 0 aliphatic rings. The maximum Gasteiger partial charge on any atom is 0.364 e. The van der Waals surface area contributed by atoms with E-state index < -0.39 is 5.69 Å². The highest BCUT2D eigenvalue weighted by Gasteiger charge is 2.05. The molecule has 0 bridgehead atoms. The molecule has 8 nitrogen and oxygen atoms in total. The normalized spacial score (nSPS) is 10.6. The van der Waals surface area contributed by atoms with Crippen molar-refractivity contribution in [2.45, 2.75) is 6.42 Å². The predicted molar refractivity (Wildman–Crippen MR) is 65.4 cm³/mol. The zero-order valence-corrected chi connectivity index (χ0v) is 10.2. The molecule has 96 valence electrons. The van der Waals surface area contributed by atoms with Crippen molar-refractivity contribution in [1.82, 2.24) is 24.7 Å². The fourth-order valence-corrected chi connectivity index (χ4v) is 1.42. The van der Waals surface area contributed by atoms with Crippen LogP contribution < -0.4 is 11.0 Å². The van der Waals surface area contributed by atoms with Gasteiger partial charge in [0.1, 0.15) is 5.82 Å². The standard InChI is InChI=1S/C10H14N6O2/c1-15(2)9(17)5-6-11-7-3-4-8-12-13-10(18)16(8)14-7/h3-4H,5-6H2,1-2H3,(H,11,14)(H,13,18). The number of hydrogen-bond donors (Lipinski definition) is 2. The first kappa shape index (κ1) is 12.1. The number of amides is 1. The van der Waals surface area contributed by atoms with Gasteiger partial charge in [0.05, 0.1) is 0 Å². The molecule has 18 heavy (non-hydrogen) atoms. The van der Waals surface area contributed by atoms with E-state index in [2.05, 4.69) is 20.6 Å². The second kappa shape index (κ2) is 4.86. The Morgan fingerprint density at radius 1 is 1.50 bits per heavy atom. The highest BCUT2D eigenvalue weighted by molar-refractivity contribution is 5.76. The van der Waals surface area contributed by atoms with Crippen molar-refractivity contribution >= 4 is 17.4 Å². The van der Waals surface area contributed by atoms with Crippen LogP contribution in [0.1, 0.15) is 6.42 Å². The first-order valence-corrected chi connectivity index (χ1v) is 5.46. The van der Waals surface area contributed by atoms with Gasteiger partial charge in [-0.3, -0.25) is 4.79 Å². The number of anilines is 1. The minimum absolute atomic E-state index is 0.0315. The van der Waals surface area contributed by atoms with E-state index in [0.717, 1.165) is 4.52 Å². The number of nitrogens with one attached hydrogen (secondary N) is 2. The maximum atomic E-state index is 11.4. The van der Waals surface area contributed by atoms with E-state index >= 15 is 0 Å². The van der Waals surface area contributed by atoms with Crippen LogP contribution in [-0.4, -0.2) is 51.3 Å². The van der Waals surface area contributed by atoms with Crippen LogP contribution in [-0.2, 0) is 4.79 Å². The lowest BCUT2D eigenvalue weighted by molar-refractivity contribution is -0.128. The second-order valence-corrected chi connectivity index (χ2v) is 3.98. The average Bonchev–Trinajstić information content (AvgIpc) is 2.71. The van der Waals surface area contributed by atoms with Gasteiger partial charge in [-0.25, -0.2) is 9.89 Å². The van der Waals surface area contributed by atoms with Crippen molar-refractivity contribution < 1.29 is 4.79 Å². The van der Waals surface area contributed by atoms with Crippen LogP contribution in [0.4, 0.5) is 5.82 Å². The van der Waals surface area contributed by atoms with E-state index in [1.807, 2.05) is 0 Å². The second-order valence-electron chi connectivity index (χ2n) is 3.98. The topological polar surface area (TPSA) is 95.4 Å². The summed E-state index contributed by atoms with van der Waals surface area (Å²) in [4.78, 5) is 24.2. The number of aromatic nitrogens is 4. The van der Waals surface area contributed by atoms with Crippen LogP contribution in [0.5, 0.6) is 0 Å². The van der Waals surface area contributed by atoms with Crippen molar-refractivity contribution in [1.29, 1.82) is 0 Å². The molecule has 8 heteroatoms. The summed E-state index contributed by atoms with van der Waals surface area (Å²) in [6, 6.07) is 3.37. The summed E-state index contributed by atoms with van der Waals surface area (Å²) in [7, 11) is 3.41. The minimum atomic E-state index is -0.391. The molecule has 2 rings (SSSR count). The number of carbonyl (C=O) groups is 1. The molecule has 0 spiro atoms. The lowest BCUT2D eigenvalue weighted by atomic mass is 10.4. The summed E-state index contributed by atoms with van der Waals surface area (Å²) in [5, 5.41) is 13.1. The Bertz CT molecular complexity index is 614. The molecule has 0 aromatic carbocycles. The number of fused-ring (bicyclic) bond motifs is 1. The van der Waals surface area contributed by atoms with E-state index in [1.54, 1.807) is 26.2 Å². The van der Waals surface area contributed by atoms with Crippen molar-refractivity contribution in [3.63, 3.8) is 0 Å². The van der Waals surface area contributed by atoms with Gasteiger partial charge < -0.3 is 10.2 Å². The molecule has 0 fully saturated rings. The first-order chi connectivity index (χ1) is 8.58. The molecular formula is C10H14N6O2. The Labute approximate surface area is 103 Å². The van der Waals surface area contributed by atoms with E-state index in [-0.39, 0.29) is 5.91 Å². The molecule has 2 heterocycles. The quantitative estimate of drug-likeness (QED) is 0.748. The average molecular weight is 250 g/mol. The molecule has 2 aromatic rings. The molecule has 0 aliphatic carbocycles. The van der Waals surface area contributed by atoms with E-state index in [0.29, 0.717) is 24.4 Å². The Balaban J connectivity index is 2.02. The van der Waals surface area contributed by atoms with Gasteiger partial charge >= 0.3 is 5.69 Å². The molecule has 2 N–H and O–H groups in total. The van der Waals surface area contributed by atoms with Crippen molar-refractivity contribution in [2.75, 3.05) is 26.0 Å². The van der Waals surface area contributed by atoms with Gasteiger partial charge in [-0.15, -0.1) is 5.10 Å². The summed E-state index contributed by atoms with van der Waals surface area (Å²) in [6.07, 6.45) is 0.368. The summed E-state index contributed by atoms with van der Waals surface area (Å²) in [5.74, 6) is 0.557. The fourth-order valence-electron chi connectivity index (χ4n) is 1.42. The zero-order chi connectivity index (χ0) is 13.1. The number of nitrogens with zero attached hydrogens (tertiary/aromatic N) is 4. The summed E-state index contributed by atoms with van der Waals surface area (Å²) >= 11 is 0. The number of carbonyl (C=O) groups excluding carboxylic acids is 1. The van der Waals surface area contributed by atoms with Crippen LogP contribution in [0, 0.1) is 0 Å². The Hall–Kier alpha value is -2.38. The van der Waals surface area contributed by atoms with E-state index in [4.69, 9.17) is 0 Å². The smallest absolute Gasteiger partial charge is 0.364 e. The van der Waals surface area contributed by atoms with Crippen LogP contribution >= 0.6 is 0 Å². The van der Waals surface area contributed by atoms with Crippen molar-refractivity contribution in [3.05, 3.63) is 22.6 Å². The largest absolute Gasteiger partial charge is 0.368 e. The van der Waals surface area contributed by atoms with Gasteiger partial charge in [-0.2, -0.15) is 9.61 Å². The lowest BCUT2D eigenvalue weighted by Gasteiger charge is -2.10. The fraction of sp³-hybridized carbons (Fsp3) is 0.400. The summed E-state index contributed by atoms with van der Waals surface area (Å²) < 4.78 is 1.16. The number of H-pyrrole nitrogens is 1. The number of hydrogen-bond acceptors (Lipinski definition) is 5. The number of aromatic amines is 1. The first-order valence-electron chi connectivity index (χ1n) is 5.46. The molecular weight excluding hydrogens is 236 g/mol. The van der Waals surface area contributed by atoms with E-state index in [1.165, 1.54) is 4.90 Å². The lowest BCUT2D eigenvalue weighted by Crippen LogP contribution is -2.24. The molecule has 1 amide bonds. The summed E-state index contributed by atoms with van der Waals surface area (Å²) in [5.41, 5.74) is 0.0629. The van der Waals surface area contributed by atoms with Crippen LogP contribution in [0.3, 0.4) is 0 Å². The van der Waals surface area contributed by atoms with Crippen LogP contribution in [0.25, 0.3) is 5.65 Å². The SMILES string of the molecule is CN(C)C(=O)CCNc1ccc2n[nH]c(=O)n2n1. The van der Waals surface area contributed by atoms with Gasteiger partial charge in [0.25, 0.3) is 0 Å². The molecule has 0 unspecified atom stereocenters. The third-order valence-electron chi connectivity index (χ3n) is 2.42. The van der Waals surface area contributed by atoms with Gasteiger partial charge in [0.15, 0.2) is 5.65 Å². The Morgan fingerprint density at radius 3 is 3.00 bits per heavy atom. The summed E-state index contributed by atoms with van der Waals surface area (Å²) in [6.45, 7) is 0.460. The Kier molecular flexibility index (Phi) is 3.26. The molecule has 0 radical (unpaired) electrons. The maximum absolute atomic E-state index is 11.4. The molecule has 0 aliphatic heterocycles. The zero-order valence-electron chi connectivity index (χ0n) is 10.2. The van der Waals surface area contributed by atoms with E-state index in [9.17, 15) is 9.59 Å². The Morgan fingerprint density at radius 2 is 2.28 bits per heavy atom. The predicted octanol–water partition coefficient (Wildman–Crippen LogP) is -0.692. The van der Waals surface area contributed by atoms with Gasteiger partial charge in [-0.05, 0) is 12.1 Å². The van der Waals surface area contributed by atoms with Gasteiger partial charge in [0, 0.05) is 27.1 Å². The molecule has 0 saturated heterocycles. The monoisotopic (exact) mass is 250 g/mol. The van der Waals surface area contributed by atoms with Gasteiger partial charge in [-0.1, -0.05) is 0 Å². The van der Waals surface area contributed by atoms with Crippen molar-refractivity contribution in [2.24, 2.45) is 0 Å². The van der Waals surface area contributed by atoms with Crippen LogP contribution in [0.15, 0.2) is 16.9 Å². The molecule has 0 atom stereocenters. The third kappa shape index (κ3) is 2.47. The number of rotatable bonds is 4. The minimum Gasteiger partial charge on any atom is -0.368 e. The third-order valence-corrected chi connectivity index (χ3v) is 2.42.